The minimum Gasteiger partial charge on any atom is -0.591 e. The van der Waals surface area contributed by atoms with E-state index < -0.39 is 11.4 Å². The fourth-order valence-corrected chi connectivity index (χ4v) is 1.55. The van der Waals surface area contributed by atoms with Crippen LogP contribution in [0.1, 0.15) is 26.3 Å². The number of rotatable bonds is 2. The highest BCUT2D eigenvalue weighted by atomic mass is 35.5. The molecular weight excluding hydrogens is 230 g/mol. The molecule has 0 fully saturated rings. The summed E-state index contributed by atoms with van der Waals surface area (Å²) in [6.45, 7) is 5.65. The molecule has 0 aliphatic carbocycles. The lowest BCUT2D eigenvalue weighted by Gasteiger charge is -2.17. The molecule has 1 aromatic carbocycles. The van der Waals surface area contributed by atoms with Gasteiger partial charge in [0.25, 0.3) is 0 Å². The molecule has 15 heavy (non-hydrogen) atoms. The van der Waals surface area contributed by atoms with Crippen molar-refractivity contribution in [1.82, 2.24) is 0 Å². The summed E-state index contributed by atoms with van der Waals surface area (Å²) in [5.41, 5.74) is 0.789. The Kier molecular flexibility index (Phi) is 4.20. The van der Waals surface area contributed by atoms with Crippen LogP contribution in [0.15, 0.2) is 28.7 Å². The highest BCUT2D eigenvalue weighted by molar-refractivity contribution is 7.91. The van der Waals surface area contributed by atoms with Gasteiger partial charge in [0.05, 0.1) is 6.21 Å². The molecule has 0 saturated carbocycles. The standard InChI is InChI=1S/C11H14ClNOS/c1-11(2,3)15(14)13-8-9-6-4-5-7-10(9)12/h4-8H,1-3H3/b13-8+/t15-/m1/s1. The van der Waals surface area contributed by atoms with Crippen LogP contribution in [0.3, 0.4) is 0 Å². The zero-order valence-corrected chi connectivity index (χ0v) is 10.6. The minimum atomic E-state index is -1.24. The van der Waals surface area contributed by atoms with Gasteiger partial charge >= 0.3 is 0 Å². The highest BCUT2D eigenvalue weighted by Gasteiger charge is 2.25. The summed E-state index contributed by atoms with van der Waals surface area (Å²) in [5, 5.41) is 0.618. The molecule has 0 radical (unpaired) electrons. The van der Waals surface area contributed by atoms with E-state index in [-0.39, 0.29) is 4.75 Å². The maximum Gasteiger partial charge on any atom is 0.144 e. The van der Waals surface area contributed by atoms with Gasteiger partial charge < -0.3 is 4.55 Å². The average Bonchev–Trinajstić information content (AvgIpc) is 2.14. The van der Waals surface area contributed by atoms with Crippen molar-refractivity contribution >= 4 is 29.2 Å². The molecule has 0 unspecified atom stereocenters. The Labute approximate surface area is 98.7 Å². The molecular formula is C11H14ClNOS. The molecule has 82 valence electrons. The van der Waals surface area contributed by atoms with Crippen molar-refractivity contribution in [1.29, 1.82) is 0 Å². The first kappa shape index (κ1) is 12.6. The molecule has 0 aliphatic rings. The number of halogens is 1. The zero-order chi connectivity index (χ0) is 11.5. The predicted octanol–water partition coefficient (Wildman–Crippen LogP) is 3.22. The van der Waals surface area contributed by atoms with Crippen LogP contribution < -0.4 is 0 Å². The van der Waals surface area contributed by atoms with E-state index >= 15 is 0 Å². The number of hydrogen-bond acceptors (Lipinski definition) is 2. The van der Waals surface area contributed by atoms with Crippen LogP contribution in [0.4, 0.5) is 0 Å². The molecule has 0 aliphatic heterocycles. The molecule has 1 aromatic rings. The van der Waals surface area contributed by atoms with Gasteiger partial charge in [0, 0.05) is 10.6 Å². The second-order valence-electron chi connectivity index (χ2n) is 4.12. The van der Waals surface area contributed by atoms with Crippen molar-refractivity contribution in [3.63, 3.8) is 0 Å². The van der Waals surface area contributed by atoms with Crippen molar-refractivity contribution in [2.75, 3.05) is 0 Å². The van der Waals surface area contributed by atoms with E-state index in [1.165, 1.54) is 0 Å². The Balaban J connectivity index is 2.79. The van der Waals surface area contributed by atoms with Gasteiger partial charge in [-0.3, -0.25) is 0 Å². The summed E-state index contributed by atoms with van der Waals surface area (Å²) in [7, 11) is 0. The highest BCUT2D eigenvalue weighted by Crippen LogP contribution is 2.18. The molecule has 0 aromatic heterocycles. The van der Waals surface area contributed by atoms with E-state index in [0.717, 1.165) is 5.56 Å². The van der Waals surface area contributed by atoms with Crippen LogP contribution >= 0.6 is 11.6 Å². The van der Waals surface area contributed by atoms with Gasteiger partial charge in [-0.25, -0.2) is 0 Å². The molecule has 0 spiro atoms. The van der Waals surface area contributed by atoms with E-state index in [1.54, 1.807) is 12.3 Å². The lowest BCUT2D eigenvalue weighted by atomic mass is 10.2. The quantitative estimate of drug-likeness (QED) is 0.580. The first-order chi connectivity index (χ1) is 6.91. The first-order valence-corrected chi connectivity index (χ1v) is 6.10. The van der Waals surface area contributed by atoms with Crippen LogP contribution in [0.25, 0.3) is 0 Å². The maximum atomic E-state index is 11.6. The summed E-state index contributed by atoms with van der Waals surface area (Å²) in [4.78, 5) is 0. The van der Waals surface area contributed by atoms with Crippen LogP contribution in [0, 0.1) is 0 Å². The molecule has 0 heterocycles. The van der Waals surface area contributed by atoms with Gasteiger partial charge in [-0.1, -0.05) is 34.2 Å². The van der Waals surface area contributed by atoms with Crippen molar-refractivity contribution in [2.24, 2.45) is 4.40 Å². The summed E-state index contributed by atoms with van der Waals surface area (Å²) in [6.07, 6.45) is 1.56. The van der Waals surface area contributed by atoms with E-state index in [1.807, 2.05) is 39.0 Å². The van der Waals surface area contributed by atoms with Crippen LogP contribution in [-0.4, -0.2) is 15.5 Å². The molecule has 4 heteroatoms. The lowest BCUT2D eigenvalue weighted by Crippen LogP contribution is -2.25. The maximum absolute atomic E-state index is 11.6. The summed E-state index contributed by atoms with van der Waals surface area (Å²) in [5.74, 6) is 0. The van der Waals surface area contributed by atoms with E-state index in [4.69, 9.17) is 11.6 Å². The van der Waals surface area contributed by atoms with E-state index in [0.29, 0.717) is 5.02 Å². The molecule has 0 N–H and O–H groups in total. The van der Waals surface area contributed by atoms with Crippen LogP contribution in [-0.2, 0) is 11.4 Å². The number of benzene rings is 1. The molecule has 1 rings (SSSR count). The van der Waals surface area contributed by atoms with Crippen molar-refractivity contribution < 1.29 is 4.55 Å². The summed E-state index contributed by atoms with van der Waals surface area (Å²) >= 11 is 4.70. The Morgan fingerprint density at radius 1 is 1.33 bits per heavy atom. The molecule has 0 amide bonds. The second kappa shape index (κ2) is 5.01. The largest absolute Gasteiger partial charge is 0.591 e. The fraction of sp³-hybridized carbons (Fsp3) is 0.364. The van der Waals surface area contributed by atoms with E-state index in [9.17, 15) is 4.55 Å². The fourth-order valence-electron chi connectivity index (χ4n) is 0.843. The average molecular weight is 244 g/mol. The zero-order valence-electron chi connectivity index (χ0n) is 9.03. The van der Waals surface area contributed by atoms with Gasteiger partial charge in [0.2, 0.25) is 0 Å². The van der Waals surface area contributed by atoms with Gasteiger partial charge in [0.15, 0.2) is 0 Å². The molecule has 1 atom stereocenters. The third-order valence-corrected chi connectivity index (χ3v) is 3.41. The topological polar surface area (TPSA) is 35.4 Å². The van der Waals surface area contributed by atoms with Gasteiger partial charge in [-0.05, 0) is 26.8 Å². The Bertz CT molecular complexity index is 360. The van der Waals surface area contributed by atoms with Crippen LogP contribution in [0.2, 0.25) is 5.02 Å². The molecule has 2 nitrogen and oxygen atoms in total. The minimum absolute atomic E-state index is 0.336. The normalized spacial score (nSPS) is 14.5. The number of hydrogen-bond donors (Lipinski definition) is 0. The molecule has 0 saturated heterocycles. The van der Waals surface area contributed by atoms with Crippen LogP contribution in [0.5, 0.6) is 0 Å². The van der Waals surface area contributed by atoms with Gasteiger partial charge in [-0.2, -0.15) is 0 Å². The lowest BCUT2D eigenvalue weighted by molar-refractivity contribution is 0.562. The number of nitrogens with zero attached hydrogens (tertiary/aromatic N) is 1. The van der Waals surface area contributed by atoms with E-state index in [2.05, 4.69) is 4.40 Å². The van der Waals surface area contributed by atoms with Crippen molar-refractivity contribution in [2.45, 2.75) is 25.5 Å². The first-order valence-electron chi connectivity index (χ1n) is 4.62. The predicted molar refractivity (Wildman–Crippen MR) is 66.9 cm³/mol. The Morgan fingerprint density at radius 3 is 2.47 bits per heavy atom. The summed E-state index contributed by atoms with van der Waals surface area (Å²) in [6, 6.07) is 7.34. The Hall–Kier alpha value is -0.510. The third kappa shape index (κ3) is 3.86. The van der Waals surface area contributed by atoms with Crippen molar-refractivity contribution in [3.8, 4) is 0 Å². The SMILES string of the molecule is CC(C)(C)[S@@+]([O-])/N=C/c1ccccc1Cl. The Morgan fingerprint density at radius 2 is 1.93 bits per heavy atom. The van der Waals surface area contributed by atoms with Crippen molar-refractivity contribution in [3.05, 3.63) is 34.9 Å². The van der Waals surface area contributed by atoms with Gasteiger partial charge in [0.1, 0.15) is 16.1 Å². The second-order valence-corrected chi connectivity index (χ2v) is 6.46. The smallest absolute Gasteiger partial charge is 0.144 e. The molecule has 0 bridgehead atoms. The third-order valence-electron chi connectivity index (χ3n) is 1.72. The van der Waals surface area contributed by atoms with Gasteiger partial charge in [-0.15, -0.1) is 0 Å². The monoisotopic (exact) mass is 243 g/mol. The summed E-state index contributed by atoms with van der Waals surface area (Å²) < 4.78 is 15.3.